The summed E-state index contributed by atoms with van der Waals surface area (Å²) in [5.74, 6) is 0.865. The molecule has 3 atom stereocenters. The molecule has 1 saturated carbocycles. The molecule has 0 radical (unpaired) electrons. The summed E-state index contributed by atoms with van der Waals surface area (Å²) < 4.78 is 5.31. The molecule has 0 bridgehead atoms. The topological polar surface area (TPSA) is 24.5 Å². The molecular formula is C17H36N2O. The number of methoxy groups -OCH3 is 1. The van der Waals surface area contributed by atoms with Crippen molar-refractivity contribution in [1.82, 2.24) is 10.2 Å². The van der Waals surface area contributed by atoms with Gasteiger partial charge in [-0.25, -0.2) is 0 Å². The lowest BCUT2D eigenvalue weighted by Crippen LogP contribution is -2.49. The van der Waals surface area contributed by atoms with Gasteiger partial charge in [0.25, 0.3) is 0 Å². The molecule has 1 fully saturated rings. The smallest absolute Gasteiger partial charge is 0.0615 e. The molecule has 1 aliphatic rings. The molecular weight excluding hydrogens is 248 g/mol. The normalized spacial score (nSPS) is 29.1. The zero-order chi connectivity index (χ0) is 15.2. The predicted octanol–water partition coefficient (Wildman–Crippen LogP) is 3.15. The molecule has 0 aromatic carbocycles. The number of hydrogen-bond acceptors (Lipinski definition) is 3. The average molecular weight is 284 g/mol. The molecule has 120 valence electrons. The molecule has 3 heteroatoms. The maximum absolute atomic E-state index is 5.31. The second-order valence-electron chi connectivity index (χ2n) is 7.46. The molecule has 0 amide bonds. The van der Waals surface area contributed by atoms with E-state index >= 15 is 0 Å². The van der Waals surface area contributed by atoms with Crippen LogP contribution in [0.15, 0.2) is 0 Å². The van der Waals surface area contributed by atoms with Gasteiger partial charge in [0.1, 0.15) is 0 Å². The monoisotopic (exact) mass is 284 g/mol. The Labute approximate surface area is 126 Å². The summed E-state index contributed by atoms with van der Waals surface area (Å²) in [5, 5.41) is 3.69. The first-order valence-electron chi connectivity index (χ1n) is 8.31. The van der Waals surface area contributed by atoms with Crippen molar-refractivity contribution in [1.29, 1.82) is 0 Å². The Bertz CT molecular complexity index is 270. The largest absolute Gasteiger partial charge is 0.383 e. The van der Waals surface area contributed by atoms with Crippen molar-refractivity contribution >= 4 is 0 Å². The maximum Gasteiger partial charge on any atom is 0.0615 e. The summed E-state index contributed by atoms with van der Waals surface area (Å²) in [7, 11) is 4.04. The molecule has 1 N–H and O–H groups in total. The van der Waals surface area contributed by atoms with Gasteiger partial charge >= 0.3 is 0 Å². The van der Waals surface area contributed by atoms with Crippen LogP contribution in [0.5, 0.6) is 0 Å². The van der Waals surface area contributed by atoms with Gasteiger partial charge in [-0.15, -0.1) is 0 Å². The van der Waals surface area contributed by atoms with Crippen LogP contribution in [0.3, 0.4) is 0 Å². The van der Waals surface area contributed by atoms with Crippen molar-refractivity contribution in [2.45, 2.75) is 65.5 Å². The van der Waals surface area contributed by atoms with Crippen molar-refractivity contribution in [3.05, 3.63) is 0 Å². The third-order valence-electron chi connectivity index (χ3n) is 4.82. The summed E-state index contributed by atoms with van der Waals surface area (Å²) in [6.07, 6.45) is 5.51. The van der Waals surface area contributed by atoms with Gasteiger partial charge in [0.15, 0.2) is 0 Å². The van der Waals surface area contributed by atoms with Crippen LogP contribution in [0, 0.1) is 11.3 Å². The lowest BCUT2D eigenvalue weighted by atomic mass is 9.69. The lowest BCUT2D eigenvalue weighted by Gasteiger charge is -2.44. The first-order chi connectivity index (χ1) is 9.38. The molecule has 3 unspecified atom stereocenters. The lowest BCUT2D eigenvalue weighted by molar-refractivity contribution is 0.0485. The Hall–Kier alpha value is -0.120. The quantitative estimate of drug-likeness (QED) is 0.741. The Morgan fingerprint density at radius 1 is 1.35 bits per heavy atom. The zero-order valence-electron chi connectivity index (χ0n) is 14.5. The molecule has 1 rings (SSSR count). The minimum absolute atomic E-state index is 0.443. The van der Waals surface area contributed by atoms with Crippen LogP contribution < -0.4 is 5.32 Å². The highest BCUT2D eigenvalue weighted by molar-refractivity contribution is 4.90. The highest BCUT2D eigenvalue weighted by atomic mass is 16.5. The molecule has 0 heterocycles. The Morgan fingerprint density at radius 2 is 2.05 bits per heavy atom. The van der Waals surface area contributed by atoms with Crippen LogP contribution in [-0.4, -0.2) is 50.8 Å². The van der Waals surface area contributed by atoms with E-state index in [1.165, 1.54) is 32.2 Å². The summed E-state index contributed by atoms with van der Waals surface area (Å²) in [5.41, 5.74) is 0.443. The van der Waals surface area contributed by atoms with Crippen LogP contribution >= 0.6 is 0 Å². The van der Waals surface area contributed by atoms with E-state index in [9.17, 15) is 0 Å². The highest BCUT2D eigenvalue weighted by Gasteiger charge is 2.36. The van der Waals surface area contributed by atoms with Gasteiger partial charge in [-0.3, -0.25) is 0 Å². The zero-order valence-corrected chi connectivity index (χ0v) is 14.5. The van der Waals surface area contributed by atoms with Crippen molar-refractivity contribution in [2.24, 2.45) is 11.3 Å². The van der Waals surface area contributed by atoms with Crippen LogP contribution in [0.1, 0.15) is 53.4 Å². The molecule has 0 aromatic heterocycles. The number of hydrogen-bond donors (Lipinski definition) is 1. The number of ether oxygens (including phenoxy) is 1. The average Bonchev–Trinajstić information content (AvgIpc) is 2.37. The first kappa shape index (κ1) is 17.9. The molecule has 0 aliphatic heterocycles. The summed E-state index contributed by atoms with van der Waals surface area (Å²) in [6, 6.07) is 1.07. The van der Waals surface area contributed by atoms with Crippen LogP contribution in [-0.2, 0) is 4.74 Å². The number of likely N-dealkylation sites (N-methyl/N-ethyl adjacent to an activating group) is 1. The first-order valence-corrected chi connectivity index (χ1v) is 8.31. The molecule has 20 heavy (non-hydrogen) atoms. The highest BCUT2D eigenvalue weighted by Crippen LogP contribution is 2.39. The van der Waals surface area contributed by atoms with Gasteiger partial charge in [0, 0.05) is 32.3 Å². The fourth-order valence-electron chi connectivity index (χ4n) is 3.60. The van der Waals surface area contributed by atoms with Gasteiger partial charge < -0.3 is 15.0 Å². The SMILES string of the molecule is COCC(C)N(C)CC1(CNC(C)C)CCCC(C)C1. The minimum Gasteiger partial charge on any atom is -0.383 e. The fraction of sp³-hybridized carbons (Fsp3) is 1.00. The summed E-state index contributed by atoms with van der Waals surface area (Å²) in [4.78, 5) is 2.49. The number of rotatable bonds is 8. The molecule has 0 aromatic rings. The van der Waals surface area contributed by atoms with Gasteiger partial charge in [0.05, 0.1) is 6.61 Å². The van der Waals surface area contributed by atoms with Crippen LogP contribution in [0.2, 0.25) is 0 Å². The van der Waals surface area contributed by atoms with Crippen LogP contribution in [0.25, 0.3) is 0 Å². The Balaban J connectivity index is 2.66. The molecule has 0 spiro atoms. The van der Waals surface area contributed by atoms with Gasteiger partial charge in [-0.05, 0) is 38.1 Å². The van der Waals surface area contributed by atoms with Gasteiger partial charge in [0.2, 0.25) is 0 Å². The Morgan fingerprint density at radius 3 is 2.60 bits per heavy atom. The van der Waals surface area contributed by atoms with E-state index in [1.54, 1.807) is 7.11 Å². The Kier molecular flexibility index (Phi) is 7.49. The van der Waals surface area contributed by atoms with E-state index in [0.29, 0.717) is 17.5 Å². The predicted molar refractivity (Wildman–Crippen MR) is 87.2 cm³/mol. The minimum atomic E-state index is 0.443. The van der Waals surface area contributed by atoms with E-state index in [0.717, 1.165) is 19.1 Å². The van der Waals surface area contributed by atoms with Crippen molar-refractivity contribution in [2.75, 3.05) is 33.9 Å². The third kappa shape index (κ3) is 5.71. The van der Waals surface area contributed by atoms with E-state index < -0.39 is 0 Å². The maximum atomic E-state index is 5.31. The fourth-order valence-corrected chi connectivity index (χ4v) is 3.60. The van der Waals surface area contributed by atoms with Crippen molar-refractivity contribution < 1.29 is 4.74 Å². The summed E-state index contributed by atoms with van der Waals surface area (Å²) in [6.45, 7) is 12.3. The van der Waals surface area contributed by atoms with E-state index in [4.69, 9.17) is 4.74 Å². The molecule has 1 aliphatic carbocycles. The summed E-state index contributed by atoms with van der Waals surface area (Å²) >= 11 is 0. The van der Waals surface area contributed by atoms with Gasteiger partial charge in [-0.2, -0.15) is 0 Å². The van der Waals surface area contributed by atoms with Crippen LogP contribution in [0.4, 0.5) is 0 Å². The number of nitrogens with zero attached hydrogens (tertiary/aromatic N) is 1. The molecule has 3 nitrogen and oxygen atoms in total. The standard InChI is InChI=1S/C17H36N2O/c1-14(2)18-12-17(9-7-8-15(3)10-17)13-19(5)16(4)11-20-6/h14-16,18H,7-13H2,1-6H3. The second-order valence-corrected chi connectivity index (χ2v) is 7.46. The second kappa shape index (κ2) is 8.35. The molecule has 0 saturated heterocycles. The van der Waals surface area contributed by atoms with Gasteiger partial charge in [-0.1, -0.05) is 33.6 Å². The van der Waals surface area contributed by atoms with Crippen molar-refractivity contribution in [3.8, 4) is 0 Å². The third-order valence-corrected chi connectivity index (χ3v) is 4.82. The van der Waals surface area contributed by atoms with E-state index in [2.05, 4.69) is 45.0 Å². The van der Waals surface area contributed by atoms with Crippen molar-refractivity contribution in [3.63, 3.8) is 0 Å². The van der Waals surface area contributed by atoms with E-state index in [1.807, 2.05) is 0 Å². The number of nitrogens with one attached hydrogen (secondary N) is 1. The van der Waals surface area contributed by atoms with E-state index in [-0.39, 0.29) is 0 Å².